The number of carboxylic acids is 1. The third-order valence-corrected chi connectivity index (χ3v) is 2.24. The van der Waals surface area contributed by atoms with Gasteiger partial charge in [-0.2, -0.15) is 5.10 Å². The Labute approximate surface area is 97.0 Å². The minimum atomic E-state index is -1.08. The lowest BCUT2D eigenvalue weighted by Crippen LogP contribution is -1.99. The molecule has 0 radical (unpaired) electrons. The first-order valence-corrected chi connectivity index (χ1v) is 4.73. The highest BCUT2D eigenvalue weighted by Crippen LogP contribution is 2.20. The van der Waals surface area contributed by atoms with E-state index in [1.165, 1.54) is 16.9 Å². The molecule has 0 aliphatic carbocycles. The van der Waals surface area contributed by atoms with Crippen molar-refractivity contribution in [2.24, 2.45) is 7.05 Å². The maximum absolute atomic E-state index is 10.8. The second-order valence-corrected chi connectivity index (χ2v) is 3.36. The van der Waals surface area contributed by atoms with E-state index in [0.29, 0.717) is 17.1 Å². The van der Waals surface area contributed by atoms with Crippen molar-refractivity contribution in [1.29, 1.82) is 0 Å². The quantitative estimate of drug-likeness (QED) is 0.794. The molecule has 6 nitrogen and oxygen atoms in total. The summed E-state index contributed by atoms with van der Waals surface area (Å²) in [6, 6.07) is 4.74. The molecular weight excluding hydrogens is 220 g/mol. The van der Waals surface area contributed by atoms with Crippen molar-refractivity contribution in [3.8, 4) is 11.4 Å². The molecule has 1 N–H and O–H groups in total. The summed E-state index contributed by atoms with van der Waals surface area (Å²) < 4.78 is 1.45. The Balaban J connectivity index is 2.46. The van der Waals surface area contributed by atoms with Crippen LogP contribution in [0.2, 0.25) is 0 Å². The van der Waals surface area contributed by atoms with Crippen molar-refractivity contribution >= 4 is 11.7 Å². The van der Waals surface area contributed by atoms with Crippen molar-refractivity contribution in [2.45, 2.75) is 0 Å². The molecule has 17 heavy (non-hydrogen) atoms. The monoisotopic (exact) mass is 228 g/mol. The van der Waals surface area contributed by atoms with Gasteiger partial charge < -0.3 is 5.11 Å². The van der Waals surface area contributed by atoms with Gasteiger partial charge in [0.2, 0.25) is 5.69 Å². The third kappa shape index (κ3) is 1.99. The zero-order chi connectivity index (χ0) is 12.4. The van der Waals surface area contributed by atoms with Crippen LogP contribution in [0.15, 0.2) is 24.4 Å². The number of carbonyl (C=O) groups is 1. The smallest absolute Gasteiger partial charge is 0.356 e. The van der Waals surface area contributed by atoms with Gasteiger partial charge in [-0.1, -0.05) is 6.07 Å². The summed E-state index contributed by atoms with van der Waals surface area (Å²) in [6.45, 7) is 6.81. The average Bonchev–Trinajstić information content (AvgIpc) is 2.72. The van der Waals surface area contributed by atoms with Crippen molar-refractivity contribution in [3.63, 3.8) is 0 Å². The largest absolute Gasteiger partial charge is 0.476 e. The summed E-state index contributed by atoms with van der Waals surface area (Å²) >= 11 is 0. The molecule has 0 bridgehead atoms. The number of aryl methyl sites for hydroxylation is 1. The summed E-state index contributed by atoms with van der Waals surface area (Å²) in [7, 11) is 1.65. The number of carboxylic acid groups (broad SMARTS) is 1. The number of rotatable bonds is 2. The van der Waals surface area contributed by atoms with Gasteiger partial charge in [0, 0.05) is 19.3 Å². The van der Waals surface area contributed by atoms with E-state index in [9.17, 15) is 4.79 Å². The molecule has 0 spiro atoms. The third-order valence-electron chi connectivity index (χ3n) is 2.24. The van der Waals surface area contributed by atoms with Gasteiger partial charge in [-0.25, -0.2) is 9.64 Å². The first kappa shape index (κ1) is 10.8. The molecule has 0 fully saturated rings. The normalized spacial score (nSPS) is 9.88. The highest BCUT2D eigenvalue weighted by molar-refractivity contribution is 5.86. The standard InChI is InChI=1S/C11H8N4O2/c1-12-7-3-4-8(13-6-7)10-5-9(11(16)17)14-15(10)2/h3-6H,2H3,(H,16,17). The molecule has 2 aromatic rings. The van der Waals surface area contributed by atoms with Crippen LogP contribution < -0.4 is 0 Å². The van der Waals surface area contributed by atoms with E-state index in [1.807, 2.05) is 0 Å². The highest BCUT2D eigenvalue weighted by Gasteiger charge is 2.13. The number of pyridine rings is 1. The van der Waals surface area contributed by atoms with Crippen LogP contribution in [0.5, 0.6) is 0 Å². The summed E-state index contributed by atoms with van der Waals surface area (Å²) in [5.74, 6) is -1.08. The summed E-state index contributed by atoms with van der Waals surface area (Å²) in [5, 5.41) is 12.7. The predicted molar refractivity (Wildman–Crippen MR) is 59.7 cm³/mol. The minimum absolute atomic E-state index is 0.0291. The number of aromatic nitrogens is 3. The van der Waals surface area contributed by atoms with Crippen molar-refractivity contribution in [1.82, 2.24) is 14.8 Å². The molecule has 0 aliphatic rings. The van der Waals surface area contributed by atoms with Crippen LogP contribution >= 0.6 is 0 Å². The zero-order valence-electron chi connectivity index (χ0n) is 8.95. The van der Waals surface area contributed by atoms with E-state index in [2.05, 4.69) is 14.9 Å². The molecule has 0 aliphatic heterocycles. The minimum Gasteiger partial charge on any atom is -0.476 e. The topological polar surface area (TPSA) is 72.4 Å². The Hall–Kier alpha value is -2.68. The van der Waals surface area contributed by atoms with Crippen LogP contribution in [0.1, 0.15) is 10.5 Å². The number of hydrogen-bond donors (Lipinski definition) is 1. The van der Waals surface area contributed by atoms with E-state index in [1.54, 1.807) is 19.2 Å². The number of nitrogens with zero attached hydrogens (tertiary/aromatic N) is 4. The molecule has 2 heterocycles. The van der Waals surface area contributed by atoms with Crippen LogP contribution in [0.4, 0.5) is 5.69 Å². The molecule has 0 saturated carbocycles. The maximum Gasteiger partial charge on any atom is 0.356 e. The van der Waals surface area contributed by atoms with Crippen LogP contribution in [0.3, 0.4) is 0 Å². The predicted octanol–water partition coefficient (Wildman–Crippen LogP) is 1.73. The highest BCUT2D eigenvalue weighted by atomic mass is 16.4. The van der Waals surface area contributed by atoms with E-state index in [-0.39, 0.29) is 5.69 Å². The summed E-state index contributed by atoms with van der Waals surface area (Å²) in [4.78, 5) is 18.1. The Morgan fingerprint density at radius 1 is 1.53 bits per heavy atom. The fourth-order valence-corrected chi connectivity index (χ4v) is 1.42. The molecular formula is C11H8N4O2. The maximum atomic E-state index is 10.8. The Morgan fingerprint density at radius 3 is 2.76 bits per heavy atom. The average molecular weight is 228 g/mol. The van der Waals surface area contributed by atoms with Gasteiger partial charge in [0.1, 0.15) is 0 Å². The van der Waals surface area contributed by atoms with Gasteiger partial charge in [-0.05, 0) is 6.07 Å². The molecule has 0 amide bonds. The molecule has 2 rings (SSSR count). The van der Waals surface area contributed by atoms with E-state index >= 15 is 0 Å². The molecule has 0 atom stereocenters. The van der Waals surface area contributed by atoms with Gasteiger partial charge in [0.15, 0.2) is 5.69 Å². The first-order chi connectivity index (χ1) is 8.11. The van der Waals surface area contributed by atoms with Crippen LogP contribution in [-0.4, -0.2) is 25.8 Å². The molecule has 0 saturated heterocycles. The van der Waals surface area contributed by atoms with Crippen molar-refractivity contribution < 1.29 is 9.90 Å². The number of hydrogen-bond acceptors (Lipinski definition) is 3. The van der Waals surface area contributed by atoms with Gasteiger partial charge in [0.25, 0.3) is 0 Å². The Kier molecular flexibility index (Phi) is 2.58. The molecule has 2 aromatic heterocycles. The summed E-state index contributed by atoms with van der Waals surface area (Å²) in [6.07, 6.45) is 1.44. The van der Waals surface area contributed by atoms with Gasteiger partial charge >= 0.3 is 5.97 Å². The SMILES string of the molecule is [C-]#[N+]c1ccc(-c2cc(C(=O)O)nn2C)nc1. The van der Waals surface area contributed by atoms with E-state index < -0.39 is 5.97 Å². The van der Waals surface area contributed by atoms with Crippen molar-refractivity contribution in [3.05, 3.63) is 41.5 Å². The van der Waals surface area contributed by atoms with E-state index in [0.717, 1.165) is 0 Å². The lowest BCUT2D eigenvalue weighted by molar-refractivity contribution is 0.0689. The molecule has 0 unspecified atom stereocenters. The molecule has 0 aromatic carbocycles. The fraction of sp³-hybridized carbons (Fsp3) is 0.0909. The molecule has 84 valence electrons. The van der Waals surface area contributed by atoms with Gasteiger partial charge in [0.05, 0.1) is 18.0 Å². The first-order valence-electron chi connectivity index (χ1n) is 4.73. The van der Waals surface area contributed by atoms with Gasteiger partial charge in [-0.3, -0.25) is 9.67 Å². The second-order valence-electron chi connectivity index (χ2n) is 3.36. The lowest BCUT2D eigenvalue weighted by Gasteiger charge is -1.99. The number of aromatic carboxylic acids is 1. The summed E-state index contributed by atoms with van der Waals surface area (Å²) in [5.41, 5.74) is 1.59. The van der Waals surface area contributed by atoms with Crippen LogP contribution in [-0.2, 0) is 7.05 Å². The van der Waals surface area contributed by atoms with Crippen molar-refractivity contribution in [2.75, 3.05) is 0 Å². The fourth-order valence-electron chi connectivity index (χ4n) is 1.42. The van der Waals surface area contributed by atoms with Crippen LogP contribution in [0, 0.1) is 6.57 Å². The molecule has 6 heteroatoms. The second kappa shape index (κ2) is 4.06. The Morgan fingerprint density at radius 2 is 2.29 bits per heavy atom. The Bertz CT molecular complexity index is 607. The lowest BCUT2D eigenvalue weighted by atomic mass is 10.2. The zero-order valence-corrected chi connectivity index (χ0v) is 8.95. The van der Waals surface area contributed by atoms with Crippen LogP contribution in [0.25, 0.3) is 16.2 Å². The van der Waals surface area contributed by atoms with Gasteiger partial charge in [-0.15, -0.1) is 0 Å². The van der Waals surface area contributed by atoms with E-state index in [4.69, 9.17) is 11.7 Å².